The molecule has 0 radical (unpaired) electrons. The van der Waals surface area contributed by atoms with E-state index in [0.717, 1.165) is 11.1 Å². The van der Waals surface area contributed by atoms with E-state index in [0.29, 0.717) is 12.3 Å². The number of aliphatic hydroxyl groups is 1. The fourth-order valence-electron chi connectivity index (χ4n) is 3.69. The van der Waals surface area contributed by atoms with Crippen molar-refractivity contribution in [3.63, 3.8) is 0 Å². The minimum absolute atomic E-state index is 0.0371. The second-order valence-electron chi connectivity index (χ2n) is 7.25. The lowest BCUT2D eigenvalue weighted by Gasteiger charge is -2.43. The zero-order valence-electron chi connectivity index (χ0n) is 17.2. The molecule has 1 aromatic heterocycles. The highest BCUT2D eigenvalue weighted by atomic mass is 16.5. The van der Waals surface area contributed by atoms with Gasteiger partial charge in [0.05, 0.1) is 19.6 Å². The molecular weight excluding hydrogens is 404 g/mol. The zero-order valence-corrected chi connectivity index (χ0v) is 17.2. The lowest BCUT2D eigenvalue weighted by molar-refractivity contribution is -0.165. The Morgan fingerprint density at radius 1 is 1.26 bits per heavy atom. The first-order chi connectivity index (χ1) is 14.9. The molecular formula is C22H26N2O7. The SMILES string of the molecule is COc1cccc(C[C@@]2(C(=O)O)CN(C(=O)Cc3ccncc3)CC[C@@H]2O)c1.O=CO. The van der Waals surface area contributed by atoms with Gasteiger partial charge in [-0.1, -0.05) is 12.1 Å². The highest BCUT2D eigenvalue weighted by molar-refractivity contribution is 5.82. The maximum Gasteiger partial charge on any atom is 0.314 e. The third-order valence-electron chi connectivity index (χ3n) is 5.32. The summed E-state index contributed by atoms with van der Waals surface area (Å²) in [6.45, 7) is 0.0445. The second kappa shape index (κ2) is 11.1. The summed E-state index contributed by atoms with van der Waals surface area (Å²) in [7, 11) is 1.54. The monoisotopic (exact) mass is 430 g/mol. The minimum Gasteiger partial charge on any atom is -0.497 e. The Labute approximate surface area is 179 Å². The fourth-order valence-corrected chi connectivity index (χ4v) is 3.69. The van der Waals surface area contributed by atoms with E-state index in [-0.39, 0.29) is 38.2 Å². The van der Waals surface area contributed by atoms with Crippen LogP contribution in [0.15, 0.2) is 48.8 Å². The van der Waals surface area contributed by atoms with E-state index in [2.05, 4.69) is 4.98 Å². The Morgan fingerprint density at radius 3 is 2.55 bits per heavy atom. The Balaban J connectivity index is 0.00000107. The topological polar surface area (TPSA) is 137 Å². The molecule has 0 unspecified atom stereocenters. The number of amides is 1. The number of aliphatic carboxylic acids is 1. The molecule has 1 amide bonds. The third kappa shape index (κ3) is 6.02. The molecule has 0 bridgehead atoms. The lowest BCUT2D eigenvalue weighted by Crippen LogP contribution is -2.58. The molecule has 1 fully saturated rings. The van der Waals surface area contributed by atoms with E-state index in [4.69, 9.17) is 14.6 Å². The van der Waals surface area contributed by atoms with Crippen molar-refractivity contribution < 1.29 is 34.4 Å². The van der Waals surface area contributed by atoms with E-state index in [1.54, 1.807) is 60.8 Å². The number of piperidine rings is 1. The van der Waals surface area contributed by atoms with Gasteiger partial charge in [0.2, 0.25) is 5.91 Å². The molecule has 1 aromatic carbocycles. The van der Waals surface area contributed by atoms with Gasteiger partial charge in [0, 0.05) is 25.5 Å². The van der Waals surface area contributed by atoms with Crippen molar-refractivity contribution in [1.29, 1.82) is 0 Å². The number of carbonyl (C=O) groups is 3. The van der Waals surface area contributed by atoms with Crippen LogP contribution < -0.4 is 4.74 Å². The Bertz CT molecular complexity index is 890. The van der Waals surface area contributed by atoms with Gasteiger partial charge >= 0.3 is 5.97 Å². The molecule has 166 valence electrons. The number of rotatable bonds is 6. The molecule has 2 heterocycles. The van der Waals surface area contributed by atoms with Crippen molar-refractivity contribution in [2.24, 2.45) is 5.41 Å². The van der Waals surface area contributed by atoms with Crippen molar-refractivity contribution in [1.82, 2.24) is 9.88 Å². The zero-order chi connectivity index (χ0) is 22.9. The first-order valence-electron chi connectivity index (χ1n) is 9.65. The molecule has 3 N–H and O–H groups in total. The number of hydrogen-bond acceptors (Lipinski definition) is 6. The van der Waals surface area contributed by atoms with Crippen LogP contribution in [0.2, 0.25) is 0 Å². The van der Waals surface area contributed by atoms with Crippen LogP contribution in [0.4, 0.5) is 0 Å². The summed E-state index contributed by atoms with van der Waals surface area (Å²) in [6, 6.07) is 10.6. The van der Waals surface area contributed by atoms with Gasteiger partial charge in [0.15, 0.2) is 0 Å². The smallest absolute Gasteiger partial charge is 0.314 e. The highest BCUT2D eigenvalue weighted by Gasteiger charge is 2.50. The number of aromatic nitrogens is 1. The van der Waals surface area contributed by atoms with Crippen LogP contribution in [0.1, 0.15) is 17.5 Å². The van der Waals surface area contributed by atoms with Crippen LogP contribution in [0.5, 0.6) is 5.75 Å². The van der Waals surface area contributed by atoms with Gasteiger partial charge in [-0.2, -0.15) is 0 Å². The van der Waals surface area contributed by atoms with Crippen LogP contribution in [0, 0.1) is 5.41 Å². The van der Waals surface area contributed by atoms with Crippen molar-refractivity contribution in [2.75, 3.05) is 20.2 Å². The Kier molecular flexibility index (Phi) is 8.51. The molecule has 0 spiro atoms. The normalized spacial score (nSPS) is 20.2. The van der Waals surface area contributed by atoms with Crippen molar-refractivity contribution in [3.05, 3.63) is 59.9 Å². The first kappa shape index (κ1) is 23.8. The molecule has 2 atom stereocenters. The van der Waals surface area contributed by atoms with Crippen molar-refractivity contribution in [3.8, 4) is 5.75 Å². The predicted octanol–water partition coefficient (Wildman–Crippen LogP) is 1.24. The molecule has 0 saturated carbocycles. The number of benzene rings is 1. The van der Waals surface area contributed by atoms with E-state index >= 15 is 0 Å². The Morgan fingerprint density at radius 2 is 1.94 bits per heavy atom. The van der Waals surface area contributed by atoms with Crippen LogP contribution >= 0.6 is 0 Å². The summed E-state index contributed by atoms with van der Waals surface area (Å²) < 4.78 is 5.21. The molecule has 0 aliphatic carbocycles. The number of carboxylic acid groups (broad SMARTS) is 2. The number of likely N-dealkylation sites (tertiary alicyclic amines) is 1. The average Bonchev–Trinajstić information content (AvgIpc) is 2.76. The van der Waals surface area contributed by atoms with Gasteiger partial charge in [0.1, 0.15) is 11.2 Å². The van der Waals surface area contributed by atoms with Crippen LogP contribution in [-0.2, 0) is 27.2 Å². The summed E-state index contributed by atoms with van der Waals surface area (Å²) >= 11 is 0. The number of pyridine rings is 1. The number of nitrogens with zero attached hydrogens (tertiary/aromatic N) is 2. The van der Waals surface area contributed by atoms with E-state index < -0.39 is 17.5 Å². The molecule has 3 rings (SSSR count). The number of methoxy groups -OCH3 is 1. The predicted molar refractivity (Wildman–Crippen MR) is 111 cm³/mol. The number of carboxylic acids is 1. The van der Waals surface area contributed by atoms with E-state index in [1.807, 2.05) is 0 Å². The van der Waals surface area contributed by atoms with Crippen molar-refractivity contribution in [2.45, 2.75) is 25.4 Å². The molecule has 31 heavy (non-hydrogen) atoms. The second-order valence-corrected chi connectivity index (χ2v) is 7.25. The van der Waals surface area contributed by atoms with Gasteiger partial charge in [-0.3, -0.25) is 19.4 Å². The van der Waals surface area contributed by atoms with Gasteiger partial charge in [-0.05, 0) is 48.2 Å². The van der Waals surface area contributed by atoms with Gasteiger partial charge in [0.25, 0.3) is 6.47 Å². The lowest BCUT2D eigenvalue weighted by atomic mass is 9.72. The molecule has 9 heteroatoms. The van der Waals surface area contributed by atoms with E-state index in [1.165, 1.54) is 0 Å². The average molecular weight is 430 g/mol. The molecule has 1 aliphatic heterocycles. The summed E-state index contributed by atoms with van der Waals surface area (Å²) in [5.74, 6) is -0.646. The minimum atomic E-state index is -1.46. The number of hydrogen-bond donors (Lipinski definition) is 3. The number of carbonyl (C=O) groups excluding carboxylic acids is 1. The van der Waals surface area contributed by atoms with Gasteiger partial charge < -0.3 is 25.0 Å². The standard InChI is InChI=1S/C21H24N2O5.CH2O2/c1-28-17-4-2-3-16(11-17)13-21(20(26)27)14-23(10-7-18(21)24)19(25)12-15-5-8-22-9-6-15;2-1-3/h2-6,8-9,11,18,24H,7,10,12-14H2,1H3,(H,26,27);1H,(H,2,3)/t18-,21+;/m0./s1. The summed E-state index contributed by atoms with van der Waals surface area (Å²) in [4.78, 5) is 38.8. The molecule has 9 nitrogen and oxygen atoms in total. The highest BCUT2D eigenvalue weighted by Crippen LogP contribution is 2.35. The fraction of sp³-hybridized carbons (Fsp3) is 0.364. The van der Waals surface area contributed by atoms with E-state index in [9.17, 15) is 19.8 Å². The van der Waals surface area contributed by atoms with Gasteiger partial charge in [-0.15, -0.1) is 0 Å². The number of aliphatic hydroxyl groups excluding tert-OH is 1. The van der Waals surface area contributed by atoms with Gasteiger partial charge in [-0.25, -0.2) is 0 Å². The van der Waals surface area contributed by atoms with Crippen LogP contribution in [-0.4, -0.2) is 69.9 Å². The van der Waals surface area contributed by atoms with Crippen molar-refractivity contribution >= 4 is 18.3 Å². The molecule has 2 aromatic rings. The Hall–Kier alpha value is -3.46. The largest absolute Gasteiger partial charge is 0.497 e. The maximum atomic E-state index is 12.7. The summed E-state index contributed by atoms with van der Waals surface area (Å²) in [5, 5.41) is 27.5. The summed E-state index contributed by atoms with van der Waals surface area (Å²) in [5.41, 5.74) is 0.0995. The molecule has 1 aliphatic rings. The maximum absolute atomic E-state index is 12.7. The first-order valence-corrected chi connectivity index (χ1v) is 9.65. The van der Waals surface area contributed by atoms with Crippen LogP contribution in [0.25, 0.3) is 0 Å². The quantitative estimate of drug-likeness (QED) is 0.582. The third-order valence-corrected chi connectivity index (χ3v) is 5.32. The molecule has 1 saturated heterocycles. The number of ether oxygens (including phenoxy) is 1. The van der Waals surface area contributed by atoms with Crippen LogP contribution in [0.3, 0.4) is 0 Å². The summed E-state index contributed by atoms with van der Waals surface area (Å²) in [6.07, 6.45) is 2.70.